The first-order chi connectivity index (χ1) is 9.76. The van der Waals surface area contributed by atoms with Crippen molar-refractivity contribution < 1.29 is 5.11 Å². The molecule has 1 aromatic rings. The summed E-state index contributed by atoms with van der Waals surface area (Å²) in [4.78, 5) is 7.29. The molecule has 0 amide bonds. The fourth-order valence-electron chi connectivity index (χ4n) is 2.85. The number of aliphatic imine (C=N–C) groups is 1. The van der Waals surface area contributed by atoms with Crippen molar-refractivity contribution in [2.75, 3.05) is 13.1 Å². The maximum Gasteiger partial charge on any atom is 0.169 e. The molecule has 1 aliphatic carbocycles. The number of thioether (sulfide) groups is 1. The van der Waals surface area contributed by atoms with Crippen LogP contribution in [0.1, 0.15) is 11.1 Å². The number of benzene rings is 1. The Balaban J connectivity index is 1.78. The van der Waals surface area contributed by atoms with Gasteiger partial charge in [0.1, 0.15) is 16.7 Å². The van der Waals surface area contributed by atoms with Crippen LogP contribution >= 0.6 is 11.8 Å². The van der Waals surface area contributed by atoms with Crippen molar-refractivity contribution >= 4 is 23.0 Å². The number of phenols is 1. The van der Waals surface area contributed by atoms with Gasteiger partial charge in [0.15, 0.2) is 5.17 Å². The van der Waals surface area contributed by atoms with Crippen molar-refractivity contribution in [2.45, 2.75) is 6.42 Å². The number of nitrogens with zero attached hydrogens (tertiary/aromatic N) is 3. The van der Waals surface area contributed by atoms with Gasteiger partial charge in [0.2, 0.25) is 0 Å². The number of allylic oxidation sites excluding steroid dienone is 2. The summed E-state index contributed by atoms with van der Waals surface area (Å²) in [7, 11) is 0. The van der Waals surface area contributed by atoms with E-state index in [-0.39, 0.29) is 5.75 Å². The minimum absolute atomic E-state index is 0.278. The second-order valence-electron chi connectivity index (χ2n) is 4.94. The van der Waals surface area contributed by atoms with Gasteiger partial charge in [-0.3, -0.25) is 4.99 Å². The molecule has 98 valence electrons. The number of hydrogen-bond acceptors (Lipinski definition) is 5. The highest BCUT2D eigenvalue weighted by Crippen LogP contribution is 2.43. The first kappa shape index (κ1) is 11.6. The monoisotopic (exact) mass is 281 g/mol. The summed E-state index contributed by atoms with van der Waals surface area (Å²) in [6, 6.07) is 7.72. The summed E-state index contributed by atoms with van der Waals surface area (Å²) >= 11 is 1.46. The summed E-state index contributed by atoms with van der Waals surface area (Å²) in [6.45, 7) is 1.65. The van der Waals surface area contributed by atoms with Crippen LogP contribution in [0.2, 0.25) is 0 Å². The molecule has 1 N–H and O–H groups in total. The van der Waals surface area contributed by atoms with Gasteiger partial charge >= 0.3 is 0 Å². The molecule has 4 rings (SSSR count). The lowest BCUT2D eigenvalue weighted by Crippen LogP contribution is -2.22. The molecule has 20 heavy (non-hydrogen) atoms. The molecule has 2 heterocycles. The van der Waals surface area contributed by atoms with E-state index in [1.165, 1.54) is 17.3 Å². The molecule has 0 aromatic heterocycles. The van der Waals surface area contributed by atoms with Gasteiger partial charge in [0, 0.05) is 13.0 Å². The number of phenolic OH excluding ortho intramolecular Hbond substituents is 1. The molecule has 3 aliphatic rings. The molecule has 0 fully saturated rings. The van der Waals surface area contributed by atoms with Gasteiger partial charge in [-0.2, -0.15) is 5.26 Å². The molecule has 0 spiro atoms. The van der Waals surface area contributed by atoms with Crippen LogP contribution in [0.3, 0.4) is 0 Å². The second-order valence-corrected chi connectivity index (χ2v) is 5.91. The zero-order valence-electron chi connectivity index (χ0n) is 10.6. The quantitative estimate of drug-likeness (QED) is 0.859. The lowest BCUT2D eigenvalue weighted by Gasteiger charge is -2.17. The average Bonchev–Trinajstić information content (AvgIpc) is 3.09. The largest absolute Gasteiger partial charge is 0.508 e. The van der Waals surface area contributed by atoms with Gasteiger partial charge in [-0.05, 0) is 46.7 Å². The Hall–Kier alpha value is -2.19. The molecular weight excluding hydrogens is 270 g/mol. The van der Waals surface area contributed by atoms with Crippen LogP contribution in [0.25, 0.3) is 6.08 Å². The van der Waals surface area contributed by atoms with Crippen LogP contribution in [0.4, 0.5) is 0 Å². The molecule has 2 aliphatic heterocycles. The smallest absolute Gasteiger partial charge is 0.169 e. The van der Waals surface area contributed by atoms with Crippen LogP contribution in [0.5, 0.6) is 5.75 Å². The zero-order chi connectivity index (χ0) is 13.7. The van der Waals surface area contributed by atoms with E-state index in [1.807, 2.05) is 6.07 Å². The third-order valence-corrected chi connectivity index (χ3v) is 4.75. The molecule has 0 unspecified atom stereocenters. The SMILES string of the molecule is N#CC1=C(C2=Cc3cc(O)ccc3C2)N2CCN=C2S1. The fourth-order valence-corrected chi connectivity index (χ4v) is 3.87. The molecular formula is C15H11N3OS. The van der Waals surface area contributed by atoms with E-state index in [4.69, 9.17) is 0 Å². The Morgan fingerprint density at radius 1 is 1.40 bits per heavy atom. The third kappa shape index (κ3) is 1.58. The fraction of sp³-hybridized carbons (Fsp3) is 0.200. The van der Waals surface area contributed by atoms with Crippen LogP contribution in [0, 0.1) is 11.3 Å². The minimum atomic E-state index is 0.278. The van der Waals surface area contributed by atoms with Gasteiger partial charge < -0.3 is 10.0 Å². The highest BCUT2D eigenvalue weighted by Gasteiger charge is 2.35. The normalized spacial score (nSPS) is 19.6. The number of fused-ring (bicyclic) bond motifs is 2. The van der Waals surface area contributed by atoms with Crippen LogP contribution in [0.15, 0.2) is 39.4 Å². The number of aromatic hydroxyl groups is 1. The van der Waals surface area contributed by atoms with Crippen molar-refractivity contribution in [3.8, 4) is 11.8 Å². The van der Waals surface area contributed by atoms with Crippen molar-refractivity contribution in [3.63, 3.8) is 0 Å². The number of nitriles is 1. The molecule has 0 atom stereocenters. The zero-order valence-corrected chi connectivity index (χ0v) is 11.4. The molecule has 0 saturated carbocycles. The summed E-state index contributed by atoms with van der Waals surface area (Å²) < 4.78 is 0. The lowest BCUT2D eigenvalue weighted by molar-refractivity contribution is 0.475. The Labute approximate surface area is 120 Å². The molecule has 0 saturated heterocycles. The van der Waals surface area contributed by atoms with Gasteiger partial charge in [0.05, 0.1) is 12.2 Å². The topological polar surface area (TPSA) is 59.6 Å². The molecule has 0 radical (unpaired) electrons. The molecule has 5 heteroatoms. The molecule has 1 aromatic carbocycles. The average molecular weight is 281 g/mol. The highest BCUT2D eigenvalue weighted by atomic mass is 32.2. The van der Waals surface area contributed by atoms with Crippen LogP contribution in [-0.4, -0.2) is 28.3 Å². The Bertz CT molecular complexity index is 755. The Morgan fingerprint density at radius 2 is 2.30 bits per heavy atom. The van der Waals surface area contributed by atoms with Gasteiger partial charge in [-0.1, -0.05) is 6.07 Å². The van der Waals surface area contributed by atoms with Gasteiger partial charge in [-0.15, -0.1) is 0 Å². The third-order valence-electron chi connectivity index (χ3n) is 3.73. The van der Waals surface area contributed by atoms with E-state index in [0.29, 0.717) is 0 Å². The first-order valence-corrected chi connectivity index (χ1v) is 7.25. The lowest BCUT2D eigenvalue weighted by atomic mass is 10.1. The second kappa shape index (κ2) is 4.15. The maximum atomic E-state index is 9.57. The van der Waals surface area contributed by atoms with Gasteiger partial charge in [0.25, 0.3) is 0 Å². The Kier molecular flexibility index (Phi) is 2.41. The van der Waals surface area contributed by atoms with Gasteiger partial charge in [-0.25, -0.2) is 0 Å². The van der Waals surface area contributed by atoms with E-state index in [0.717, 1.165) is 46.4 Å². The summed E-state index contributed by atoms with van der Waals surface area (Å²) in [5.41, 5.74) is 4.38. The predicted molar refractivity (Wildman–Crippen MR) is 79.0 cm³/mol. The highest BCUT2D eigenvalue weighted by molar-refractivity contribution is 8.17. The van der Waals surface area contributed by atoms with Crippen molar-refractivity contribution in [2.24, 2.45) is 4.99 Å². The minimum Gasteiger partial charge on any atom is -0.508 e. The summed E-state index contributed by atoms with van der Waals surface area (Å²) in [5.74, 6) is 0.278. The molecule has 0 bridgehead atoms. The predicted octanol–water partition coefficient (Wildman–Crippen LogP) is 2.49. The van der Waals surface area contributed by atoms with E-state index >= 15 is 0 Å². The summed E-state index contributed by atoms with van der Waals surface area (Å²) in [6.07, 6.45) is 2.88. The maximum absolute atomic E-state index is 9.57. The number of rotatable bonds is 1. The van der Waals surface area contributed by atoms with E-state index in [2.05, 4.69) is 22.0 Å². The van der Waals surface area contributed by atoms with E-state index < -0.39 is 0 Å². The summed E-state index contributed by atoms with van der Waals surface area (Å²) in [5, 5.41) is 19.8. The van der Waals surface area contributed by atoms with Crippen molar-refractivity contribution in [1.29, 1.82) is 5.26 Å². The number of amidine groups is 1. The number of hydrogen-bond donors (Lipinski definition) is 1. The molecule has 4 nitrogen and oxygen atoms in total. The first-order valence-electron chi connectivity index (χ1n) is 6.43. The van der Waals surface area contributed by atoms with Crippen LogP contribution in [-0.2, 0) is 6.42 Å². The van der Waals surface area contributed by atoms with E-state index in [9.17, 15) is 10.4 Å². The Morgan fingerprint density at radius 3 is 3.15 bits per heavy atom. The van der Waals surface area contributed by atoms with Crippen molar-refractivity contribution in [3.05, 3.63) is 45.5 Å². The van der Waals surface area contributed by atoms with E-state index in [1.54, 1.807) is 12.1 Å². The standard InChI is InChI=1S/C15H11N3OS/c16-8-13-14(18-4-3-17-15(18)20-13)11-5-9-1-2-12(19)7-10(9)6-11/h1-2,6-7,19H,3-5H2. The van der Waals surface area contributed by atoms with Crippen LogP contribution < -0.4 is 0 Å². The van der Waals surface area contributed by atoms with Crippen molar-refractivity contribution in [1.82, 2.24) is 4.90 Å².